The molecule has 0 aliphatic carbocycles. The fourth-order valence-electron chi connectivity index (χ4n) is 3.92. The molecule has 0 fully saturated rings. The lowest BCUT2D eigenvalue weighted by atomic mass is 10.1. The minimum Gasteiger partial charge on any atom is -0.493 e. The van der Waals surface area contributed by atoms with Crippen molar-refractivity contribution in [1.29, 1.82) is 0 Å². The molecule has 0 bridgehead atoms. The summed E-state index contributed by atoms with van der Waals surface area (Å²) >= 11 is 0. The van der Waals surface area contributed by atoms with E-state index >= 15 is 0 Å². The van der Waals surface area contributed by atoms with E-state index in [9.17, 15) is 18.8 Å². The Bertz CT molecular complexity index is 1520. The van der Waals surface area contributed by atoms with E-state index in [0.717, 1.165) is 4.57 Å². The Kier molecular flexibility index (Phi) is 6.68. The molecule has 0 spiro atoms. The monoisotopic (exact) mass is 477 g/mol. The minimum absolute atomic E-state index is 0.0345. The van der Waals surface area contributed by atoms with E-state index < -0.39 is 17.1 Å². The van der Waals surface area contributed by atoms with Gasteiger partial charge in [0.2, 0.25) is 0 Å². The highest BCUT2D eigenvalue weighted by Crippen LogP contribution is 2.30. The molecule has 0 saturated heterocycles. The van der Waals surface area contributed by atoms with Crippen LogP contribution in [0.25, 0.3) is 10.9 Å². The zero-order valence-electron chi connectivity index (χ0n) is 19.5. The van der Waals surface area contributed by atoms with Crippen LogP contribution in [0.2, 0.25) is 0 Å². The molecule has 4 rings (SSSR count). The van der Waals surface area contributed by atoms with Crippen LogP contribution in [-0.4, -0.2) is 36.3 Å². The maximum atomic E-state index is 14.5. The van der Waals surface area contributed by atoms with Crippen LogP contribution >= 0.6 is 0 Å². The Morgan fingerprint density at radius 3 is 2.20 bits per heavy atom. The molecule has 4 aromatic rings. The molecule has 0 atom stereocenters. The lowest BCUT2D eigenvalue weighted by molar-refractivity contribution is 0.0963. The first-order chi connectivity index (χ1) is 16.9. The number of benzene rings is 3. The molecule has 1 heterocycles. The quantitative estimate of drug-likeness (QED) is 0.442. The van der Waals surface area contributed by atoms with Gasteiger partial charge in [-0.1, -0.05) is 30.3 Å². The summed E-state index contributed by atoms with van der Waals surface area (Å²) < 4.78 is 27.6. The maximum absolute atomic E-state index is 14.5. The number of methoxy groups -OCH3 is 2. The van der Waals surface area contributed by atoms with Gasteiger partial charge in [-0.05, 0) is 29.8 Å². The third kappa shape index (κ3) is 4.52. The third-order valence-corrected chi connectivity index (χ3v) is 5.80. The number of nitrogens with one attached hydrogen (secondary N) is 1. The van der Waals surface area contributed by atoms with Crippen molar-refractivity contribution in [2.75, 3.05) is 21.3 Å². The van der Waals surface area contributed by atoms with Crippen molar-refractivity contribution in [1.82, 2.24) is 14.5 Å². The average molecular weight is 477 g/mol. The van der Waals surface area contributed by atoms with Gasteiger partial charge in [0, 0.05) is 24.2 Å². The Hall–Kier alpha value is -4.40. The summed E-state index contributed by atoms with van der Waals surface area (Å²) in [4.78, 5) is 38.8. The molecule has 8 nitrogen and oxygen atoms in total. The molecule has 0 unspecified atom stereocenters. The largest absolute Gasteiger partial charge is 0.493 e. The fourth-order valence-corrected chi connectivity index (χ4v) is 3.92. The smallest absolute Gasteiger partial charge is 0.332 e. The van der Waals surface area contributed by atoms with E-state index in [2.05, 4.69) is 5.32 Å². The van der Waals surface area contributed by atoms with E-state index in [1.807, 2.05) is 0 Å². The minimum atomic E-state index is -0.603. The Labute approximate surface area is 200 Å². The number of rotatable bonds is 7. The number of carbonyl (C=O) groups excluding carboxylic acids is 1. The molecule has 9 heteroatoms. The molecule has 180 valence electrons. The summed E-state index contributed by atoms with van der Waals surface area (Å²) in [5, 5.41) is 2.77. The highest BCUT2D eigenvalue weighted by molar-refractivity contribution is 5.93. The van der Waals surface area contributed by atoms with Crippen LogP contribution in [0.4, 0.5) is 4.39 Å². The van der Waals surface area contributed by atoms with Crippen LogP contribution in [0, 0.1) is 5.82 Å². The van der Waals surface area contributed by atoms with Gasteiger partial charge in [0.1, 0.15) is 5.82 Å². The number of halogens is 1. The number of nitrogens with zero attached hydrogens (tertiary/aromatic N) is 2. The van der Waals surface area contributed by atoms with Gasteiger partial charge in [-0.3, -0.25) is 18.7 Å². The standard InChI is InChI=1S/C26H24FN3O5/c1-28-24(31)17-10-8-16(9-11-17)14-30-25(32)19-12-22(34-2)23(35-3)13-21(19)29(26(30)33)15-18-6-4-5-7-20(18)27/h4-13H,14-15H2,1-3H3,(H,28,31). The van der Waals surface area contributed by atoms with E-state index in [-0.39, 0.29) is 24.4 Å². The highest BCUT2D eigenvalue weighted by Gasteiger charge is 2.18. The van der Waals surface area contributed by atoms with Crippen molar-refractivity contribution < 1.29 is 18.7 Å². The predicted molar refractivity (Wildman–Crippen MR) is 130 cm³/mol. The molecule has 35 heavy (non-hydrogen) atoms. The first-order valence-corrected chi connectivity index (χ1v) is 10.8. The first-order valence-electron chi connectivity index (χ1n) is 10.8. The maximum Gasteiger partial charge on any atom is 0.332 e. The Morgan fingerprint density at radius 2 is 1.57 bits per heavy atom. The van der Waals surface area contributed by atoms with E-state index in [4.69, 9.17) is 9.47 Å². The molecule has 1 aromatic heterocycles. The molecule has 0 saturated carbocycles. The SMILES string of the molecule is CNC(=O)c1ccc(Cn2c(=O)c3cc(OC)c(OC)cc3n(Cc3ccccc3F)c2=O)cc1. The molecule has 1 N–H and O–H groups in total. The lowest BCUT2D eigenvalue weighted by Crippen LogP contribution is -2.40. The summed E-state index contributed by atoms with van der Waals surface area (Å²) in [5.41, 5.74) is 0.572. The first kappa shape index (κ1) is 23.7. The van der Waals surface area contributed by atoms with Gasteiger partial charge in [0.25, 0.3) is 11.5 Å². The van der Waals surface area contributed by atoms with Gasteiger partial charge < -0.3 is 14.8 Å². The van der Waals surface area contributed by atoms with Crippen molar-refractivity contribution in [3.05, 3.63) is 104 Å². The highest BCUT2D eigenvalue weighted by atomic mass is 19.1. The van der Waals surface area contributed by atoms with E-state index in [0.29, 0.717) is 33.7 Å². The second-order valence-electron chi connectivity index (χ2n) is 7.85. The van der Waals surface area contributed by atoms with E-state index in [1.54, 1.807) is 48.5 Å². The second kappa shape index (κ2) is 9.84. The van der Waals surface area contributed by atoms with Crippen LogP contribution in [0.1, 0.15) is 21.5 Å². The van der Waals surface area contributed by atoms with Gasteiger partial charge in [0.15, 0.2) is 11.5 Å². The van der Waals surface area contributed by atoms with Gasteiger partial charge >= 0.3 is 5.69 Å². The van der Waals surface area contributed by atoms with Gasteiger partial charge in [0.05, 0.1) is 38.2 Å². The van der Waals surface area contributed by atoms with Crippen molar-refractivity contribution in [2.24, 2.45) is 0 Å². The molecule has 3 aromatic carbocycles. The van der Waals surface area contributed by atoms with Crippen LogP contribution in [-0.2, 0) is 13.1 Å². The summed E-state index contributed by atoms with van der Waals surface area (Å²) in [6, 6.07) is 15.8. The molecule has 0 radical (unpaired) electrons. The molecule has 0 aliphatic rings. The lowest BCUT2D eigenvalue weighted by Gasteiger charge is -2.17. The van der Waals surface area contributed by atoms with Crippen LogP contribution in [0.5, 0.6) is 11.5 Å². The number of aromatic nitrogens is 2. The molecule has 1 amide bonds. The second-order valence-corrected chi connectivity index (χ2v) is 7.85. The number of hydrogen-bond donors (Lipinski definition) is 1. The van der Waals surface area contributed by atoms with Crippen LogP contribution in [0.15, 0.2) is 70.3 Å². The van der Waals surface area contributed by atoms with Crippen molar-refractivity contribution >= 4 is 16.8 Å². The number of hydrogen-bond acceptors (Lipinski definition) is 5. The Morgan fingerprint density at radius 1 is 0.914 bits per heavy atom. The average Bonchev–Trinajstić information content (AvgIpc) is 2.89. The Balaban J connectivity index is 1.92. The number of fused-ring (bicyclic) bond motifs is 1. The molecule has 0 aliphatic heterocycles. The number of carbonyl (C=O) groups is 1. The summed E-state index contributed by atoms with van der Waals surface area (Å²) in [6.07, 6.45) is 0. The normalized spacial score (nSPS) is 10.9. The third-order valence-electron chi connectivity index (χ3n) is 5.80. The van der Waals surface area contributed by atoms with E-state index in [1.165, 1.54) is 38.0 Å². The van der Waals surface area contributed by atoms with Crippen LogP contribution < -0.4 is 26.0 Å². The topological polar surface area (TPSA) is 91.6 Å². The number of amides is 1. The van der Waals surface area contributed by atoms with Crippen molar-refractivity contribution in [2.45, 2.75) is 13.1 Å². The molecular weight excluding hydrogens is 453 g/mol. The summed E-state index contributed by atoms with van der Waals surface area (Å²) in [7, 11) is 4.43. The predicted octanol–water partition coefficient (Wildman–Crippen LogP) is 2.78. The number of ether oxygens (including phenoxy) is 2. The van der Waals surface area contributed by atoms with Crippen LogP contribution in [0.3, 0.4) is 0 Å². The van der Waals surface area contributed by atoms with Gasteiger partial charge in [-0.25, -0.2) is 9.18 Å². The fraction of sp³-hybridized carbons (Fsp3) is 0.192. The summed E-state index contributed by atoms with van der Waals surface area (Å²) in [6.45, 7) is -0.124. The summed E-state index contributed by atoms with van der Waals surface area (Å²) in [5.74, 6) is -0.0402. The van der Waals surface area contributed by atoms with Gasteiger partial charge in [-0.15, -0.1) is 0 Å². The van der Waals surface area contributed by atoms with Crippen molar-refractivity contribution in [3.63, 3.8) is 0 Å². The molecular formula is C26H24FN3O5. The van der Waals surface area contributed by atoms with Crippen molar-refractivity contribution in [3.8, 4) is 11.5 Å². The zero-order chi connectivity index (χ0) is 25.1. The van der Waals surface area contributed by atoms with Gasteiger partial charge in [-0.2, -0.15) is 0 Å². The zero-order valence-corrected chi connectivity index (χ0v) is 19.5.